The van der Waals surface area contributed by atoms with Gasteiger partial charge in [0, 0.05) is 37.8 Å². The van der Waals surface area contributed by atoms with Crippen molar-refractivity contribution in [2.24, 2.45) is 0 Å². The van der Waals surface area contributed by atoms with Crippen LogP contribution in [-0.2, 0) is 34.0 Å². The van der Waals surface area contributed by atoms with E-state index in [0.717, 1.165) is 50.1 Å². The van der Waals surface area contributed by atoms with Gasteiger partial charge in [-0.25, -0.2) is 14.4 Å². The van der Waals surface area contributed by atoms with Gasteiger partial charge in [-0.1, -0.05) is 164 Å². The van der Waals surface area contributed by atoms with Gasteiger partial charge in [0.1, 0.15) is 19.8 Å². The van der Waals surface area contributed by atoms with E-state index < -0.39 is 36.2 Å². The van der Waals surface area contributed by atoms with Gasteiger partial charge >= 0.3 is 17.9 Å². The summed E-state index contributed by atoms with van der Waals surface area (Å²) in [7, 11) is 0. The van der Waals surface area contributed by atoms with Crippen LogP contribution in [0, 0.1) is 0 Å². The number of ether oxygens (including phenoxy) is 3. The maximum absolute atomic E-state index is 13.7. The Balaban J connectivity index is 0.975. The van der Waals surface area contributed by atoms with Crippen molar-refractivity contribution in [2.45, 2.75) is 77.0 Å². The van der Waals surface area contributed by atoms with E-state index in [2.05, 4.69) is 16.0 Å². The first-order valence-corrected chi connectivity index (χ1v) is 24.2. The Morgan fingerprint density at radius 2 is 0.597 bits per heavy atom. The molecule has 0 fully saturated rings. The summed E-state index contributed by atoms with van der Waals surface area (Å²) in [4.78, 5) is 41.0. The van der Waals surface area contributed by atoms with Gasteiger partial charge in [-0.05, 0) is 89.0 Å². The van der Waals surface area contributed by atoms with Crippen LogP contribution >= 0.6 is 0 Å². The summed E-state index contributed by atoms with van der Waals surface area (Å²) in [6.07, 6.45) is -1.96. The maximum atomic E-state index is 13.7. The number of hydrogen-bond donors (Lipinski definition) is 6. The molecule has 0 spiro atoms. The van der Waals surface area contributed by atoms with Gasteiger partial charge in [0.05, 0.1) is 35.0 Å². The third-order valence-electron chi connectivity index (χ3n) is 12.6. The van der Waals surface area contributed by atoms with E-state index in [1.54, 1.807) is 0 Å². The number of carbonyl (C=O) groups excluding carboxylic acids is 3. The first kappa shape index (κ1) is 52.5. The zero-order valence-electron chi connectivity index (χ0n) is 40.8. The minimum atomic E-state index is -0.753. The molecule has 0 saturated carbocycles. The molecule has 0 amide bonds. The quantitative estimate of drug-likeness (QED) is 0.0250. The number of hydrogen-bond acceptors (Lipinski definition) is 12. The third kappa shape index (κ3) is 15.4. The molecule has 7 rings (SSSR count). The van der Waals surface area contributed by atoms with E-state index in [1.165, 1.54) is 18.2 Å². The molecular formula is C60H63N3O9. The van der Waals surface area contributed by atoms with Crippen molar-refractivity contribution in [1.29, 1.82) is 0 Å². The smallest absolute Gasteiger partial charge is 0.338 e. The third-order valence-corrected chi connectivity index (χ3v) is 12.6. The van der Waals surface area contributed by atoms with Gasteiger partial charge in [0.25, 0.3) is 0 Å². The number of carbonyl (C=O) groups is 3. The van der Waals surface area contributed by atoms with E-state index in [-0.39, 0.29) is 54.6 Å². The van der Waals surface area contributed by atoms with Gasteiger partial charge in [-0.3, -0.25) is 0 Å². The first-order chi connectivity index (χ1) is 34.9. The van der Waals surface area contributed by atoms with Crippen LogP contribution in [0.5, 0.6) is 0 Å². The summed E-state index contributed by atoms with van der Waals surface area (Å²) in [5, 5.41) is 41.9. The first-order valence-electron chi connectivity index (χ1n) is 24.2. The van der Waals surface area contributed by atoms with Gasteiger partial charge in [-0.2, -0.15) is 0 Å². The fraction of sp³-hybridized carbons (Fsp3) is 0.250. The second-order valence-electron chi connectivity index (χ2n) is 17.9. The molecule has 0 unspecified atom stereocenters. The van der Waals surface area contributed by atoms with Crippen molar-refractivity contribution in [3.8, 4) is 0 Å². The molecule has 7 aromatic rings. The Labute approximate surface area is 421 Å². The van der Waals surface area contributed by atoms with Gasteiger partial charge in [0.2, 0.25) is 0 Å². The molecule has 0 saturated heterocycles. The Morgan fingerprint density at radius 3 is 0.833 bits per heavy atom. The zero-order valence-corrected chi connectivity index (χ0v) is 40.8. The number of rotatable bonds is 24. The van der Waals surface area contributed by atoms with Crippen molar-refractivity contribution in [1.82, 2.24) is 16.0 Å². The standard InChI is InChI=1S/C60H63N3O9/c1-40(61-34-55(64)49-13-7-4-8-14-49)46-25-19-43(20-26-46)37-70-58(67)52-31-53(59(68)71-38-44-21-27-47(28-22-44)41(2)62-35-56(65)50-15-9-5-10-16-50)33-54(32-52)60(69)72-39-45-23-29-48(30-24-45)42(3)63-36-57(66)51-17-11-6-12-18-51/h4-33,40-42,55-57,61-66H,34-39H2,1-3H3/t40-,41-,42-,55-,56-,57-/m1/s1. The molecule has 72 heavy (non-hydrogen) atoms. The molecule has 0 aliphatic rings. The lowest BCUT2D eigenvalue weighted by Gasteiger charge is -2.18. The normalized spacial score (nSPS) is 13.8. The van der Waals surface area contributed by atoms with Crippen LogP contribution in [-0.4, -0.2) is 52.9 Å². The molecule has 0 aliphatic heterocycles. The van der Waals surface area contributed by atoms with Crippen LogP contribution < -0.4 is 16.0 Å². The summed E-state index contributed by atoms with van der Waals surface area (Å²) in [5.74, 6) is -2.26. The van der Waals surface area contributed by atoms with Gasteiger partial charge in [0.15, 0.2) is 0 Å². The van der Waals surface area contributed by atoms with E-state index in [1.807, 2.05) is 185 Å². The van der Waals surface area contributed by atoms with Crippen LogP contribution in [0.2, 0.25) is 0 Å². The Hall–Kier alpha value is -7.29. The lowest BCUT2D eigenvalue weighted by molar-refractivity contribution is 0.0468. The minimum absolute atomic E-state index is 0.0331. The van der Waals surface area contributed by atoms with Crippen LogP contribution in [0.3, 0.4) is 0 Å². The molecule has 0 radical (unpaired) electrons. The van der Waals surface area contributed by atoms with Gasteiger partial charge in [-0.15, -0.1) is 0 Å². The molecule has 372 valence electrons. The Bertz CT molecular complexity index is 2470. The highest BCUT2D eigenvalue weighted by atomic mass is 16.5. The van der Waals surface area contributed by atoms with Crippen molar-refractivity contribution in [3.63, 3.8) is 0 Å². The monoisotopic (exact) mass is 969 g/mol. The lowest BCUT2D eigenvalue weighted by Crippen LogP contribution is -2.24. The highest BCUT2D eigenvalue weighted by Gasteiger charge is 2.21. The number of aliphatic hydroxyl groups is 3. The number of aliphatic hydroxyl groups excluding tert-OH is 3. The fourth-order valence-electron chi connectivity index (χ4n) is 7.98. The molecule has 0 aromatic heterocycles. The van der Waals surface area contributed by atoms with Crippen LogP contribution in [0.1, 0.15) is 138 Å². The minimum Gasteiger partial charge on any atom is -0.457 e. The molecule has 0 bridgehead atoms. The highest BCUT2D eigenvalue weighted by Crippen LogP contribution is 2.22. The average Bonchev–Trinajstić information content (AvgIpc) is 3.43. The predicted octanol–water partition coefficient (Wildman–Crippen LogP) is 9.91. The number of esters is 3. The topological polar surface area (TPSA) is 176 Å². The summed E-state index contributed by atoms with van der Waals surface area (Å²) in [6.45, 7) is 6.90. The summed E-state index contributed by atoms with van der Waals surface area (Å²) in [5.41, 5.74) is 7.51. The van der Waals surface area contributed by atoms with Crippen molar-refractivity contribution in [3.05, 3.63) is 249 Å². The predicted molar refractivity (Wildman–Crippen MR) is 277 cm³/mol. The van der Waals surface area contributed by atoms with Gasteiger partial charge < -0.3 is 45.5 Å². The molecular weight excluding hydrogens is 907 g/mol. The Morgan fingerprint density at radius 1 is 0.361 bits per heavy atom. The van der Waals surface area contributed by atoms with E-state index in [0.29, 0.717) is 19.6 Å². The maximum Gasteiger partial charge on any atom is 0.338 e. The lowest BCUT2D eigenvalue weighted by atomic mass is 10.0. The van der Waals surface area contributed by atoms with Crippen molar-refractivity contribution < 1.29 is 43.9 Å². The van der Waals surface area contributed by atoms with E-state index >= 15 is 0 Å². The average molecular weight is 970 g/mol. The summed E-state index contributed by atoms with van der Waals surface area (Å²) >= 11 is 0. The molecule has 6 N–H and O–H groups in total. The second-order valence-corrected chi connectivity index (χ2v) is 17.9. The van der Waals surface area contributed by atoms with Crippen molar-refractivity contribution >= 4 is 17.9 Å². The fourth-order valence-corrected chi connectivity index (χ4v) is 7.98. The van der Waals surface area contributed by atoms with Crippen LogP contribution in [0.4, 0.5) is 0 Å². The highest BCUT2D eigenvalue weighted by molar-refractivity contribution is 6.00. The molecule has 12 heteroatoms. The second kappa shape index (κ2) is 26.2. The van der Waals surface area contributed by atoms with Crippen LogP contribution in [0.25, 0.3) is 0 Å². The number of benzene rings is 7. The molecule has 0 heterocycles. The molecule has 0 aliphatic carbocycles. The SMILES string of the molecule is C[C@@H](NC[C@@H](O)c1ccccc1)c1ccc(COC(=O)c2cc(C(=O)OCc3ccc([C@@H](C)NC[C@@H](O)c4ccccc4)cc3)cc(C(=O)OCc3ccc([C@@H](C)NC[C@@H](O)c4ccccc4)cc3)c2)cc1. The van der Waals surface area contributed by atoms with E-state index in [9.17, 15) is 29.7 Å². The molecule has 6 atom stereocenters. The summed E-state index contributed by atoms with van der Waals surface area (Å²) in [6, 6.07) is 54.9. The molecule has 7 aromatic carbocycles. The molecule has 12 nitrogen and oxygen atoms in total. The van der Waals surface area contributed by atoms with E-state index in [4.69, 9.17) is 14.2 Å². The van der Waals surface area contributed by atoms with Crippen LogP contribution in [0.15, 0.2) is 182 Å². The largest absolute Gasteiger partial charge is 0.457 e. The zero-order chi connectivity index (χ0) is 50.8. The Kier molecular flexibility index (Phi) is 19.1. The number of nitrogens with one attached hydrogen (secondary N) is 3. The summed E-state index contributed by atoms with van der Waals surface area (Å²) < 4.78 is 17.1. The van der Waals surface area contributed by atoms with Crippen molar-refractivity contribution in [2.75, 3.05) is 19.6 Å².